The Morgan fingerprint density at radius 1 is 1.18 bits per heavy atom. The fourth-order valence-corrected chi connectivity index (χ4v) is 1.44. The smallest absolute Gasteiger partial charge is 0.146 e. The second-order valence-electron chi connectivity index (χ2n) is 3.68. The van der Waals surface area contributed by atoms with E-state index >= 15 is 0 Å². The fourth-order valence-electron chi connectivity index (χ4n) is 1.44. The van der Waals surface area contributed by atoms with Gasteiger partial charge in [0.05, 0.1) is 6.21 Å². The topological polar surface area (TPSA) is 37.3 Å². The van der Waals surface area contributed by atoms with Crippen LogP contribution in [0.15, 0.2) is 53.8 Å². The van der Waals surface area contributed by atoms with E-state index in [9.17, 15) is 0 Å². The average Bonchev–Trinajstić information content (AvgIpc) is 2.41. The Hall–Kier alpha value is -2.16. The lowest BCUT2D eigenvalue weighted by Gasteiger charge is -1.98. The molecule has 0 aliphatic heterocycles. The van der Waals surface area contributed by atoms with E-state index in [1.165, 1.54) is 5.56 Å². The van der Waals surface area contributed by atoms with Crippen LogP contribution in [0.5, 0.6) is 0 Å². The maximum atomic E-state index is 4.13. The molecule has 0 bridgehead atoms. The molecule has 0 amide bonds. The summed E-state index contributed by atoms with van der Waals surface area (Å²) in [5.41, 5.74) is 5.29. The van der Waals surface area contributed by atoms with Gasteiger partial charge in [-0.1, -0.05) is 37.3 Å². The standard InChI is InChI=1S/C14H15N3/c1-2-12-6-8-13(9-7-12)11-16-17-14-5-3-4-10-15-14/h3-11H,2H2,1H3,(H,15,17). The van der Waals surface area contributed by atoms with Crippen LogP contribution in [0, 0.1) is 0 Å². The Morgan fingerprint density at radius 3 is 2.65 bits per heavy atom. The Labute approximate surface area is 101 Å². The second kappa shape index (κ2) is 5.80. The van der Waals surface area contributed by atoms with Crippen molar-refractivity contribution >= 4 is 12.0 Å². The number of rotatable bonds is 4. The molecule has 0 unspecified atom stereocenters. The molecule has 3 nitrogen and oxygen atoms in total. The van der Waals surface area contributed by atoms with E-state index < -0.39 is 0 Å². The quantitative estimate of drug-likeness (QED) is 0.641. The molecular weight excluding hydrogens is 210 g/mol. The minimum absolute atomic E-state index is 0.744. The van der Waals surface area contributed by atoms with Gasteiger partial charge in [0.25, 0.3) is 0 Å². The first kappa shape index (κ1) is 11.3. The van der Waals surface area contributed by atoms with Gasteiger partial charge in [-0.3, -0.25) is 5.43 Å². The molecule has 86 valence electrons. The van der Waals surface area contributed by atoms with Gasteiger partial charge < -0.3 is 0 Å². The van der Waals surface area contributed by atoms with Crippen LogP contribution in [0.25, 0.3) is 0 Å². The van der Waals surface area contributed by atoms with Crippen molar-refractivity contribution in [2.24, 2.45) is 5.10 Å². The number of benzene rings is 1. The zero-order valence-electron chi connectivity index (χ0n) is 9.80. The zero-order valence-corrected chi connectivity index (χ0v) is 9.80. The molecule has 17 heavy (non-hydrogen) atoms. The van der Waals surface area contributed by atoms with E-state index in [-0.39, 0.29) is 0 Å². The molecule has 2 aromatic rings. The third-order valence-corrected chi connectivity index (χ3v) is 2.45. The summed E-state index contributed by atoms with van der Waals surface area (Å²) < 4.78 is 0. The Balaban J connectivity index is 1.96. The Kier molecular flexibility index (Phi) is 3.86. The van der Waals surface area contributed by atoms with Crippen LogP contribution in [0.1, 0.15) is 18.1 Å². The third-order valence-electron chi connectivity index (χ3n) is 2.45. The predicted molar refractivity (Wildman–Crippen MR) is 71.3 cm³/mol. The summed E-state index contributed by atoms with van der Waals surface area (Å²) >= 11 is 0. The highest BCUT2D eigenvalue weighted by Gasteiger charge is 1.90. The summed E-state index contributed by atoms with van der Waals surface area (Å²) in [6.45, 7) is 2.14. The van der Waals surface area contributed by atoms with Crippen molar-refractivity contribution < 1.29 is 0 Å². The number of anilines is 1. The summed E-state index contributed by atoms with van der Waals surface area (Å²) in [6, 6.07) is 14.0. The summed E-state index contributed by atoms with van der Waals surface area (Å²) in [5.74, 6) is 0.744. The van der Waals surface area contributed by atoms with E-state index in [4.69, 9.17) is 0 Å². The van der Waals surface area contributed by atoms with Crippen molar-refractivity contribution in [3.8, 4) is 0 Å². The van der Waals surface area contributed by atoms with Gasteiger partial charge in [0.15, 0.2) is 0 Å². The fraction of sp³-hybridized carbons (Fsp3) is 0.143. The van der Waals surface area contributed by atoms with Gasteiger partial charge in [-0.2, -0.15) is 5.10 Å². The maximum absolute atomic E-state index is 4.13. The number of hydrazone groups is 1. The summed E-state index contributed by atoms with van der Waals surface area (Å²) in [5, 5.41) is 4.13. The molecule has 0 atom stereocenters. The molecule has 1 heterocycles. The van der Waals surface area contributed by atoms with Crippen LogP contribution in [0.2, 0.25) is 0 Å². The zero-order chi connectivity index (χ0) is 11.9. The molecule has 0 saturated heterocycles. The molecular formula is C14H15N3. The number of nitrogens with zero attached hydrogens (tertiary/aromatic N) is 2. The van der Waals surface area contributed by atoms with Gasteiger partial charge >= 0.3 is 0 Å². The molecule has 0 spiro atoms. The second-order valence-corrected chi connectivity index (χ2v) is 3.68. The molecule has 3 heteroatoms. The minimum Gasteiger partial charge on any atom is -0.261 e. The Morgan fingerprint density at radius 2 is 2.00 bits per heavy atom. The minimum atomic E-state index is 0.744. The van der Waals surface area contributed by atoms with Crippen molar-refractivity contribution in [1.29, 1.82) is 0 Å². The van der Waals surface area contributed by atoms with Gasteiger partial charge in [-0.25, -0.2) is 4.98 Å². The number of nitrogens with one attached hydrogen (secondary N) is 1. The highest BCUT2D eigenvalue weighted by atomic mass is 15.3. The van der Waals surface area contributed by atoms with Crippen molar-refractivity contribution in [1.82, 2.24) is 4.98 Å². The molecule has 0 radical (unpaired) electrons. The monoisotopic (exact) mass is 225 g/mol. The molecule has 0 fully saturated rings. The van der Waals surface area contributed by atoms with Crippen LogP contribution in [0.4, 0.5) is 5.82 Å². The van der Waals surface area contributed by atoms with Crippen LogP contribution in [-0.2, 0) is 6.42 Å². The molecule has 1 N–H and O–H groups in total. The molecule has 0 saturated carbocycles. The lowest BCUT2D eigenvalue weighted by molar-refractivity contribution is 1.14. The SMILES string of the molecule is CCc1ccc(C=NNc2ccccn2)cc1. The lowest BCUT2D eigenvalue weighted by Crippen LogP contribution is -1.92. The number of aryl methyl sites for hydroxylation is 1. The normalized spacial score (nSPS) is 10.6. The molecule has 1 aromatic heterocycles. The van der Waals surface area contributed by atoms with Crippen LogP contribution < -0.4 is 5.43 Å². The van der Waals surface area contributed by atoms with Gasteiger partial charge in [0.1, 0.15) is 5.82 Å². The number of hydrogen-bond acceptors (Lipinski definition) is 3. The number of pyridine rings is 1. The molecule has 1 aromatic carbocycles. The lowest BCUT2D eigenvalue weighted by atomic mass is 10.1. The van der Waals surface area contributed by atoms with Crippen LogP contribution >= 0.6 is 0 Å². The maximum Gasteiger partial charge on any atom is 0.146 e. The average molecular weight is 225 g/mol. The van der Waals surface area contributed by atoms with Crippen molar-refractivity contribution in [2.45, 2.75) is 13.3 Å². The van der Waals surface area contributed by atoms with Crippen LogP contribution in [-0.4, -0.2) is 11.2 Å². The van der Waals surface area contributed by atoms with Gasteiger partial charge in [0, 0.05) is 6.20 Å². The predicted octanol–water partition coefficient (Wildman–Crippen LogP) is 3.09. The van der Waals surface area contributed by atoms with Gasteiger partial charge in [-0.05, 0) is 29.7 Å². The third kappa shape index (κ3) is 3.41. The molecule has 0 aliphatic rings. The first-order chi connectivity index (χ1) is 8.38. The van der Waals surface area contributed by atoms with E-state index in [0.717, 1.165) is 17.8 Å². The number of hydrogen-bond donors (Lipinski definition) is 1. The van der Waals surface area contributed by atoms with Gasteiger partial charge in [-0.15, -0.1) is 0 Å². The molecule has 0 aliphatic carbocycles. The van der Waals surface area contributed by atoms with Crippen molar-refractivity contribution in [3.05, 3.63) is 59.8 Å². The largest absolute Gasteiger partial charge is 0.261 e. The van der Waals surface area contributed by atoms with E-state index in [0.29, 0.717) is 0 Å². The van der Waals surface area contributed by atoms with Crippen LogP contribution in [0.3, 0.4) is 0 Å². The summed E-state index contributed by atoms with van der Waals surface area (Å²) in [7, 11) is 0. The van der Waals surface area contributed by atoms with E-state index in [2.05, 4.69) is 46.7 Å². The first-order valence-corrected chi connectivity index (χ1v) is 5.67. The van der Waals surface area contributed by atoms with Gasteiger partial charge in [0.2, 0.25) is 0 Å². The highest BCUT2D eigenvalue weighted by Crippen LogP contribution is 2.03. The van der Waals surface area contributed by atoms with E-state index in [1.807, 2.05) is 18.2 Å². The number of aromatic nitrogens is 1. The van der Waals surface area contributed by atoms with E-state index in [1.54, 1.807) is 12.4 Å². The highest BCUT2D eigenvalue weighted by molar-refractivity contribution is 5.80. The Bertz CT molecular complexity index is 475. The van der Waals surface area contributed by atoms with Crippen molar-refractivity contribution in [2.75, 3.05) is 5.43 Å². The van der Waals surface area contributed by atoms with Crippen molar-refractivity contribution in [3.63, 3.8) is 0 Å². The molecule has 2 rings (SSSR count). The first-order valence-electron chi connectivity index (χ1n) is 5.67. The summed E-state index contributed by atoms with van der Waals surface area (Å²) in [4.78, 5) is 4.11. The summed E-state index contributed by atoms with van der Waals surface area (Å²) in [6.07, 6.45) is 4.58.